The van der Waals surface area contributed by atoms with E-state index in [1.54, 1.807) is 0 Å². The van der Waals surface area contributed by atoms with E-state index < -0.39 is 11.7 Å². The van der Waals surface area contributed by atoms with Gasteiger partial charge in [-0.25, -0.2) is 9.97 Å². The standard InChI is InChI=1S/C11H8ClF3N4/c12-9-8(16)10(18-5-17-9)19-7-3-1-6(2-4-7)11(13,14)15/h1-5H,16H2,(H,17,18,19). The maximum Gasteiger partial charge on any atom is 0.416 e. The summed E-state index contributed by atoms with van der Waals surface area (Å²) in [5.41, 5.74) is 5.44. The number of halogens is 4. The molecule has 8 heteroatoms. The van der Waals surface area contributed by atoms with E-state index >= 15 is 0 Å². The number of nitrogen functional groups attached to an aromatic ring is 1. The molecule has 0 saturated heterocycles. The minimum Gasteiger partial charge on any atom is -0.393 e. The lowest BCUT2D eigenvalue weighted by atomic mass is 10.2. The highest BCUT2D eigenvalue weighted by Crippen LogP contribution is 2.31. The van der Waals surface area contributed by atoms with Crippen LogP contribution >= 0.6 is 11.6 Å². The summed E-state index contributed by atoms with van der Waals surface area (Å²) in [7, 11) is 0. The Hall–Kier alpha value is -2.02. The lowest BCUT2D eigenvalue weighted by Gasteiger charge is -2.10. The molecule has 0 unspecified atom stereocenters. The number of hydrogen-bond acceptors (Lipinski definition) is 4. The van der Waals surface area contributed by atoms with Crippen LogP contribution in [0, 0.1) is 0 Å². The maximum absolute atomic E-state index is 12.4. The third-order valence-corrected chi connectivity index (χ3v) is 2.61. The van der Waals surface area contributed by atoms with E-state index in [-0.39, 0.29) is 16.7 Å². The van der Waals surface area contributed by atoms with Gasteiger partial charge in [-0.15, -0.1) is 0 Å². The third kappa shape index (κ3) is 3.05. The van der Waals surface area contributed by atoms with Crippen molar-refractivity contribution < 1.29 is 13.2 Å². The number of rotatable bonds is 2. The molecule has 0 aliphatic rings. The van der Waals surface area contributed by atoms with Gasteiger partial charge >= 0.3 is 6.18 Å². The second kappa shape index (κ2) is 4.93. The number of hydrogen-bond donors (Lipinski definition) is 2. The van der Waals surface area contributed by atoms with Crippen LogP contribution in [0.25, 0.3) is 0 Å². The molecule has 19 heavy (non-hydrogen) atoms. The van der Waals surface area contributed by atoms with Crippen molar-refractivity contribution in [1.29, 1.82) is 0 Å². The molecule has 2 rings (SSSR count). The van der Waals surface area contributed by atoms with Crippen LogP contribution in [0.4, 0.5) is 30.4 Å². The molecule has 100 valence electrons. The van der Waals surface area contributed by atoms with E-state index in [0.717, 1.165) is 12.1 Å². The predicted octanol–water partition coefficient (Wildman–Crippen LogP) is 3.47. The fraction of sp³-hybridized carbons (Fsp3) is 0.0909. The first-order chi connectivity index (χ1) is 8.88. The SMILES string of the molecule is Nc1c(Cl)ncnc1Nc1ccc(C(F)(F)F)cc1. The highest BCUT2D eigenvalue weighted by Gasteiger charge is 2.29. The summed E-state index contributed by atoms with van der Waals surface area (Å²) in [4.78, 5) is 7.52. The minimum absolute atomic E-state index is 0.0735. The Morgan fingerprint density at radius 2 is 1.74 bits per heavy atom. The number of nitrogens with two attached hydrogens (primary N) is 1. The molecule has 0 aliphatic heterocycles. The van der Waals surface area contributed by atoms with Gasteiger partial charge in [0.2, 0.25) is 0 Å². The molecule has 0 saturated carbocycles. The van der Waals surface area contributed by atoms with Crippen LogP contribution in [0.3, 0.4) is 0 Å². The molecule has 0 aliphatic carbocycles. The number of alkyl halides is 3. The average molecular weight is 289 g/mol. The van der Waals surface area contributed by atoms with Gasteiger partial charge in [-0.3, -0.25) is 0 Å². The highest BCUT2D eigenvalue weighted by molar-refractivity contribution is 6.32. The van der Waals surface area contributed by atoms with Crippen LogP contribution in [-0.2, 0) is 6.18 Å². The quantitative estimate of drug-likeness (QED) is 0.831. The zero-order valence-electron chi connectivity index (χ0n) is 9.37. The Morgan fingerprint density at radius 3 is 2.32 bits per heavy atom. The van der Waals surface area contributed by atoms with E-state index in [4.69, 9.17) is 17.3 Å². The topological polar surface area (TPSA) is 63.8 Å². The number of nitrogens with zero attached hydrogens (tertiary/aromatic N) is 2. The van der Waals surface area contributed by atoms with E-state index in [1.807, 2.05) is 0 Å². The van der Waals surface area contributed by atoms with Gasteiger partial charge in [0.25, 0.3) is 0 Å². The molecule has 1 heterocycles. The smallest absolute Gasteiger partial charge is 0.393 e. The molecule has 0 radical (unpaired) electrons. The lowest BCUT2D eigenvalue weighted by molar-refractivity contribution is -0.137. The number of aromatic nitrogens is 2. The molecule has 0 fully saturated rings. The Morgan fingerprint density at radius 1 is 1.11 bits per heavy atom. The van der Waals surface area contributed by atoms with Crippen LogP contribution in [-0.4, -0.2) is 9.97 Å². The van der Waals surface area contributed by atoms with Gasteiger partial charge in [0.05, 0.1) is 5.56 Å². The van der Waals surface area contributed by atoms with Crippen LogP contribution in [0.5, 0.6) is 0 Å². The summed E-state index contributed by atoms with van der Waals surface area (Å²) in [6.45, 7) is 0. The normalized spacial score (nSPS) is 11.4. The third-order valence-electron chi connectivity index (χ3n) is 2.31. The van der Waals surface area contributed by atoms with E-state index in [9.17, 15) is 13.2 Å². The van der Waals surface area contributed by atoms with Crippen molar-refractivity contribution in [3.8, 4) is 0 Å². The van der Waals surface area contributed by atoms with Crippen molar-refractivity contribution in [3.05, 3.63) is 41.3 Å². The number of nitrogens with one attached hydrogen (secondary N) is 1. The molecular formula is C11H8ClF3N4. The molecule has 1 aromatic carbocycles. The minimum atomic E-state index is -4.37. The van der Waals surface area contributed by atoms with Gasteiger partial charge in [0.1, 0.15) is 12.0 Å². The number of anilines is 3. The highest BCUT2D eigenvalue weighted by atomic mass is 35.5. The van der Waals surface area contributed by atoms with Gasteiger partial charge in [0.15, 0.2) is 11.0 Å². The van der Waals surface area contributed by atoms with Crippen molar-refractivity contribution in [2.24, 2.45) is 0 Å². The lowest BCUT2D eigenvalue weighted by Crippen LogP contribution is -2.05. The summed E-state index contributed by atoms with van der Waals surface area (Å²) in [5, 5.41) is 2.84. The molecular weight excluding hydrogens is 281 g/mol. The summed E-state index contributed by atoms with van der Waals surface area (Å²) >= 11 is 5.70. The Bertz CT molecular complexity index is 583. The summed E-state index contributed by atoms with van der Waals surface area (Å²) < 4.78 is 37.2. The van der Waals surface area contributed by atoms with Gasteiger partial charge in [0, 0.05) is 5.69 Å². The van der Waals surface area contributed by atoms with E-state index in [1.165, 1.54) is 18.5 Å². The van der Waals surface area contributed by atoms with Gasteiger partial charge in [-0.2, -0.15) is 13.2 Å². The van der Waals surface area contributed by atoms with Gasteiger partial charge in [-0.05, 0) is 24.3 Å². The summed E-state index contributed by atoms with van der Waals surface area (Å²) in [6, 6.07) is 4.47. The van der Waals surface area contributed by atoms with Crippen LogP contribution in [0.2, 0.25) is 5.15 Å². The maximum atomic E-state index is 12.4. The van der Waals surface area contributed by atoms with Crippen LogP contribution < -0.4 is 11.1 Å². The van der Waals surface area contributed by atoms with E-state index in [0.29, 0.717) is 5.69 Å². The molecule has 2 aromatic rings. The zero-order valence-corrected chi connectivity index (χ0v) is 10.1. The van der Waals surface area contributed by atoms with Crippen LogP contribution in [0.15, 0.2) is 30.6 Å². The van der Waals surface area contributed by atoms with Crippen molar-refractivity contribution in [1.82, 2.24) is 9.97 Å². The molecule has 0 amide bonds. The average Bonchev–Trinajstić information content (AvgIpc) is 2.35. The number of benzene rings is 1. The molecule has 3 N–H and O–H groups in total. The van der Waals surface area contributed by atoms with Crippen molar-refractivity contribution >= 4 is 28.8 Å². The Kier molecular flexibility index (Phi) is 3.48. The fourth-order valence-corrected chi connectivity index (χ4v) is 1.49. The first kappa shape index (κ1) is 13.4. The molecule has 0 atom stereocenters. The molecule has 0 spiro atoms. The second-order valence-electron chi connectivity index (χ2n) is 3.63. The van der Waals surface area contributed by atoms with Crippen LogP contribution in [0.1, 0.15) is 5.56 Å². The van der Waals surface area contributed by atoms with Crippen molar-refractivity contribution in [3.63, 3.8) is 0 Å². The van der Waals surface area contributed by atoms with E-state index in [2.05, 4.69) is 15.3 Å². The first-order valence-electron chi connectivity index (χ1n) is 5.08. The molecule has 0 bridgehead atoms. The summed E-state index contributed by atoms with van der Waals surface area (Å²) in [5.74, 6) is 0.236. The Balaban J connectivity index is 2.23. The molecule has 1 aromatic heterocycles. The summed E-state index contributed by atoms with van der Waals surface area (Å²) in [6.07, 6.45) is -3.17. The predicted molar refractivity (Wildman–Crippen MR) is 66.2 cm³/mol. The second-order valence-corrected chi connectivity index (χ2v) is 3.98. The zero-order chi connectivity index (χ0) is 14.0. The van der Waals surface area contributed by atoms with Crippen molar-refractivity contribution in [2.45, 2.75) is 6.18 Å². The molecule has 4 nitrogen and oxygen atoms in total. The fourth-order valence-electron chi connectivity index (χ4n) is 1.35. The van der Waals surface area contributed by atoms with Gasteiger partial charge in [-0.1, -0.05) is 11.6 Å². The largest absolute Gasteiger partial charge is 0.416 e. The Labute approximate surface area is 111 Å². The first-order valence-corrected chi connectivity index (χ1v) is 5.46. The monoisotopic (exact) mass is 288 g/mol. The van der Waals surface area contributed by atoms with Crippen molar-refractivity contribution in [2.75, 3.05) is 11.1 Å². The van der Waals surface area contributed by atoms with Gasteiger partial charge < -0.3 is 11.1 Å².